The first-order chi connectivity index (χ1) is 10.2. The Morgan fingerprint density at radius 3 is 2.67 bits per heavy atom. The number of nitrogens with one attached hydrogen (secondary N) is 1. The molecule has 0 radical (unpaired) electrons. The maximum absolute atomic E-state index is 11.7. The third kappa shape index (κ3) is 2.36. The summed E-state index contributed by atoms with van der Waals surface area (Å²) in [5, 5.41) is 0.784. The molecule has 5 N–H and O–H groups in total. The molecule has 0 fully saturated rings. The molecule has 3 aromatic rings. The molecule has 0 unspecified atom stereocenters. The average Bonchev–Trinajstić information content (AvgIpc) is 2.90. The molecule has 1 amide bonds. The maximum Gasteiger partial charge on any atom is 0.249 e. The van der Waals surface area contributed by atoms with E-state index in [1.54, 1.807) is 24.5 Å². The summed E-state index contributed by atoms with van der Waals surface area (Å²) in [5.74, 6) is -0.488. The smallest absolute Gasteiger partial charge is 0.249 e. The van der Waals surface area contributed by atoms with Crippen LogP contribution in [0.4, 0.5) is 5.69 Å². The Morgan fingerprint density at radius 1 is 1.19 bits per heavy atom. The minimum atomic E-state index is -0.488. The summed E-state index contributed by atoms with van der Waals surface area (Å²) in [6, 6.07) is 11.0. The zero-order valence-electron chi connectivity index (χ0n) is 11.2. The molecule has 0 saturated carbocycles. The third-order valence-electron chi connectivity index (χ3n) is 3.29. The largest absolute Gasteiger partial charge is 0.398 e. The molecule has 5 nitrogen and oxygen atoms in total. The van der Waals surface area contributed by atoms with E-state index in [2.05, 4.69) is 9.97 Å². The number of rotatable bonds is 3. The standard InChI is InChI=1S/C16H14N4O/c17-13-6-7-19-16-14(13)11(9-20-16)8-12(15(18)21)10-4-2-1-3-5-10/h1-9H,(H2,18,21)(H3,17,19,20)/b12-8+. The molecule has 0 aliphatic rings. The monoisotopic (exact) mass is 278 g/mol. The Morgan fingerprint density at radius 2 is 1.95 bits per heavy atom. The van der Waals surface area contributed by atoms with Crippen molar-refractivity contribution in [1.82, 2.24) is 9.97 Å². The fourth-order valence-electron chi connectivity index (χ4n) is 2.29. The number of benzene rings is 1. The van der Waals surface area contributed by atoms with E-state index in [1.165, 1.54) is 0 Å². The molecule has 21 heavy (non-hydrogen) atoms. The van der Waals surface area contributed by atoms with Gasteiger partial charge in [-0.05, 0) is 17.7 Å². The first kappa shape index (κ1) is 12.9. The second kappa shape index (κ2) is 5.13. The van der Waals surface area contributed by atoms with Gasteiger partial charge in [-0.25, -0.2) is 4.98 Å². The van der Waals surface area contributed by atoms with Gasteiger partial charge in [0.05, 0.1) is 0 Å². The summed E-state index contributed by atoms with van der Waals surface area (Å²) in [7, 11) is 0. The van der Waals surface area contributed by atoms with Gasteiger partial charge in [-0.2, -0.15) is 0 Å². The van der Waals surface area contributed by atoms with Gasteiger partial charge in [-0.15, -0.1) is 0 Å². The average molecular weight is 278 g/mol. The van der Waals surface area contributed by atoms with Gasteiger partial charge in [-0.1, -0.05) is 30.3 Å². The van der Waals surface area contributed by atoms with Crippen LogP contribution in [0.3, 0.4) is 0 Å². The minimum Gasteiger partial charge on any atom is -0.398 e. The number of anilines is 1. The zero-order chi connectivity index (χ0) is 14.8. The van der Waals surface area contributed by atoms with Crippen LogP contribution in [-0.4, -0.2) is 15.9 Å². The molecule has 0 spiro atoms. The number of H-pyrrole nitrogens is 1. The van der Waals surface area contributed by atoms with Crippen molar-refractivity contribution in [3.8, 4) is 0 Å². The summed E-state index contributed by atoms with van der Waals surface area (Å²) < 4.78 is 0. The lowest BCUT2D eigenvalue weighted by atomic mass is 10.0. The lowest BCUT2D eigenvalue weighted by Crippen LogP contribution is -2.12. The second-order valence-electron chi connectivity index (χ2n) is 4.66. The van der Waals surface area contributed by atoms with E-state index in [1.807, 2.05) is 30.3 Å². The van der Waals surface area contributed by atoms with Crippen molar-refractivity contribution in [1.29, 1.82) is 0 Å². The Labute approximate surface area is 121 Å². The molecule has 0 aliphatic heterocycles. The van der Waals surface area contributed by atoms with Crippen molar-refractivity contribution >= 4 is 34.3 Å². The highest BCUT2D eigenvalue weighted by molar-refractivity contribution is 6.24. The van der Waals surface area contributed by atoms with E-state index in [9.17, 15) is 4.79 Å². The molecule has 0 aliphatic carbocycles. The van der Waals surface area contributed by atoms with Crippen molar-refractivity contribution in [2.24, 2.45) is 5.73 Å². The molecule has 0 bridgehead atoms. The Balaban J connectivity index is 2.19. The third-order valence-corrected chi connectivity index (χ3v) is 3.29. The molecule has 104 valence electrons. The van der Waals surface area contributed by atoms with Crippen molar-refractivity contribution in [2.75, 3.05) is 5.73 Å². The van der Waals surface area contributed by atoms with Crippen LogP contribution in [0.5, 0.6) is 0 Å². The quantitative estimate of drug-likeness (QED) is 0.640. The van der Waals surface area contributed by atoms with Gasteiger partial charge in [0, 0.05) is 34.6 Å². The molecule has 5 heteroatoms. The fourth-order valence-corrected chi connectivity index (χ4v) is 2.29. The number of nitrogen functional groups attached to an aromatic ring is 1. The highest BCUT2D eigenvalue weighted by atomic mass is 16.1. The summed E-state index contributed by atoms with van der Waals surface area (Å²) in [5.41, 5.74) is 14.8. The van der Waals surface area contributed by atoms with E-state index in [0.29, 0.717) is 16.9 Å². The molecule has 0 saturated heterocycles. The van der Waals surface area contributed by atoms with E-state index >= 15 is 0 Å². The lowest BCUT2D eigenvalue weighted by molar-refractivity contribution is -0.112. The first-order valence-corrected chi connectivity index (χ1v) is 6.45. The topological polar surface area (TPSA) is 97.8 Å². The summed E-state index contributed by atoms with van der Waals surface area (Å²) in [6.07, 6.45) is 5.13. The number of carbonyl (C=O) groups excluding carboxylic acids is 1. The molecular weight excluding hydrogens is 264 g/mol. The normalized spacial score (nSPS) is 11.7. The molecule has 0 atom stereocenters. The number of fused-ring (bicyclic) bond motifs is 1. The van der Waals surface area contributed by atoms with E-state index < -0.39 is 5.91 Å². The predicted molar refractivity (Wildman–Crippen MR) is 84.0 cm³/mol. The summed E-state index contributed by atoms with van der Waals surface area (Å²) >= 11 is 0. The van der Waals surface area contributed by atoms with Gasteiger partial charge in [0.25, 0.3) is 0 Å². The van der Waals surface area contributed by atoms with Crippen LogP contribution in [0.1, 0.15) is 11.1 Å². The van der Waals surface area contributed by atoms with Crippen LogP contribution in [0.15, 0.2) is 48.8 Å². The highest BCUT2D eigenvalue weighted by Crippen LogP contribution is 2.26. The molecule has 2 heterocycles. The van der Waals surface area contributed by atoms with Crippen LogP contribution in [-0.2, 0) is 4.79 Å². The summed E-state index contributed by atoms with van der Waals surface area (Å²) in [6.45, 7) is 0. The highest BCUT2D eigenvalue weighted by Gasteiger charge is 2.11. The van der Waals surface area contributed by atoms with Gasteiger partial charge in [-0.3, -0.25) is 4.79 Å². The Kier molecular flexibility index (Phi) is 3.16. The van der Waals surface area contributed by atoms with E-state index in [0.717, 1.165) is 16.5 Å². The number of amides is 1. The number of hydrogen-bond donors (Lipinski definition) is 3. The number of nitrogens with zero attached hydrogens (tertiary/aromatic N) is 1. The van der Waals surface area contributed by atoms with Crippen LogP contribution in [0.25, 0.3) is 22.7 Å². The number of aromatic nitrogens is 2. The van der Waals surface area contributed by atoms with Crippen molar-refractivity contribution in [2.45, 2.75) is 0 Å². The Hall–Kier alpha value is -3.08. The van der Waals surface area contributed by atoms with Crippen molar-refractivity contribution in [3.05, 3.63) is 59.9 Å². The Bertz CT molecular complexity index is 834. The maximum atomic E-state index is 11.7. The van der Waals surface area contributed by atoms with Gasteiger partial charge in [0.1, 0.15) is 5.65 Å². The zero-order valence-corrected chi connectivity index (χ0v) is 11.2. The van der Waals surface area contributed by atoms with Crippen LogP contribution < -0.4 is 11.5 Å². The first-order valence-electron chi connectivity index (χ1n) is 6.45. The number of pyridine rings is 1. The molecule has 1 aromatic carbocycles. The fraction of sp³-hybridized carbons (Fsp3) is 0. The number of hydrogen-bond acceptors (Lipinski definition) is 3. The van der Waals surface area contributed by atoms with Gasteiger partial charge < -0.3 is 16.5 Å². The van der Waals surface area contributed by atoms with Crippen LogP contribution in [0, 0.1) is 0 Å². The predicted octanol–water partition coefficient (Wildman–Crippen LogP) is 2.17. The molecule has 3 rings (SSSR count). The number of carbonyl (C=O) groups is 1. The van der Waals surface area contributed by atoms with Gasteiger partial charge in [0.2, 0.25) is 5.91 Å². The van der Waals surface area contributed by atoms with E-state index in [-0.39, 0.29) is 0 Å². The molecular formula is C16H14N4O. The SMILES string of the molecule is NC(=O)/C(=C/c1c[nH]c2nccc(N)c12)c1ccccc1. The second-order valence-corrected chi connectivity index (χ2v) is 4.66. The van der Waals surface area contributed by atoms with E-state index in [4.69, 9.17) is 11.5 Å². The lowest BCUT2D eigenvalue weighted by Gasteiger charge is -2.04. The van der Waals surface area contributed by atoms with Crippen molar-refractivity contribution < 1.29 is 4.79 Å². The number of aromatic amines is 1. The van der Waals surface area contributed by atoms with Crippen molar-refractivity contribution in [3.63, 3.8) is 0 Å². The van der Waals surface area contributed by atoms with Crippen LogP contribution in [0.2, 0.25) is 0 Å². The van der Waals surface area contributed by atoms with Gasteiger partial charge >= 0.3 is 0 Å². The summed E-state index contributed by atoms with van der Waals surface area (Å²) in [4.78, 5) is 19.0. The minimum absolute atomic E-state index is 0.430. The van der Waals surface area contributed by atoms with Gasteiger partial charge in [0.15, 0.2) is 0 Å². The number of nitrogens with two attached hydrogens (primary N) is 2. The van der Waals surface area contributed by atoms with Crippen LogP contribution >= 0.6 is 0 Å². The molecule has 2 aromatic heterocycles. The number of primary amides is 1.